The Morgan fingerprint density at radius 1 is 1.35 bits per heavy atom. The van der Waals surface area contributed by atoms with E-state index in [-0.39, 0.29) is 0 Å². The molecule has 1 spiro atoms. The van der Waals surface area contributed by atoms with Gasteiger partial charge in [-0.2, -0.15) is 5.10 Å². The van der Waals surface area contributed by atoms with Crippen molar-refractivity contribution in [3.8, 4) is 0 Å². The molecule has 1 N–H and O–H groups in total. The third-order valence-electron chi connectivity index (χ3n) is 4.94. The first kappa shape index (κ1) is 14.4. The van der Waals surface area contributed by atoms with Crippen molar-refractivity contribution in [2.24, 2.45) is 12.5 Å². The number of aryl methyl sites for hydroxylation is 2. The zero-order chi connectivity index (χ0) is 14.2. The minimum absolute atomic E-state index is 0.497. The Labute approximate surface area is 126 Å². The number of hydrogen-bond donors (Lipinski definition) is 1. The topological polar surface area (TPSA) is 33.1 Å². The highest BCUT2D eigenvalue weighted by Crippen LogP contribution is 2.36. The number of likely N-dealkylation sites (tertiary alicyclic amines) is 1. The summed E-state index contributed by atoms with van der Waals surface area (Å²) in [5, 5.41) is 8.85. The third-order valence-corrected chi connectivity index (χ3v) is 5.43. The van der Waals surface area contributed by atoms with E-state index < -0.39 is 0 Å². The lowest BCUT2D eigenvalue weighted by Crippen LogP contribution is -2.50. The highest BCUT2D eigenvalue weighted by atomic mass is 35.5. The molecule has 1 aromatic heterocycles. The van der Waals surface area contributed by atoms with Gasteiger partial charge in [-0.3, -0.25) is 9.58 Å². The summed E-state index contributed by atoms with van der Waals surface area (Å²) in [5.74, 6) is 0. The monoisotopic (exact) mass is 296 g/mol. The average molecular weight is 297 g/mol. The van der Waals surface area contributed by atoms with Crippen LogP contribution in [0.1, 0.15) is 37.1 Å². The van der Waals surface area contributed by atoms with Crippen LogP contribution in [0.3, 0.4) is 0 Å². The molecule has 2 aliphatic heterocycles. The largest absolute Gasteiger partial charge is 0.316 e. The molecule has 20 heavy (non-hydrogen) atoms. The highest BCUT2D eigenvalue weighted by Gasteiger charge is 2.36. The van der Waals surface area contributed by atoms with Crippen LogP contribution in [0.5, 0.6) is 0 Å². The van der Waals surface area contributed by atoms with E-state index in [0.717, 1.165) is 23.0 Å². The molecule has 4 nitrogen and oxygen atoms in total. The van der Waals surface area contributed by atoms with Gasteiger partial charge in [-0.05, 0) is 51.1 Å². The molecule has 0 bridgehead atoms. The molecule has 2 saturated heterocycles. The summed E-state index contributed by atoms with van der Waals surface area (Å²) < 4.78 is 1.94. The van der Waals surface area contributed by atoms with Crippen LogP contribution in [0, 0.1) is 12.3 Å². The van der Waals surface area contributed by atoms with E-state index in [1.807, 2.05) is 18.7 Å². The zero-order valence-corrected chi connectivity index (χ0v) is 13.3. The summed E-state index contributed by atoms with van der Waals surface area (Å²) in [6.45, 7) is 7.66. The van der Waals surface area contributed by atoms with Gasteiger partial charge in [0.15, 0.2) is 0 Å². The van der Waals surface area contributed by atoms with Crippen molar-refractivity contribution in [3.05, 3.63) is 16.4 Å². The van der Waals surface area contributed by atoms with E-state index in [0.29, 0.717) is 5.41 Å². The summed E-state index contributed by atoms with van der Waals surface area (Å²) in [6.07, 6.45) is 5.36. The quantitative estimate of drug-likeness (QED) is 0.909. The summed E-state index contributed by atoms with van der Waals surface area (Å²) >= 11 is 6.39. The Balaban J connectivity index is 1.71. The first-order valence-electron chi connectivity index (χ1n) is 7.71. The van der Waals surface area contributed by atoms with Gasteiger partial charge < -0.3 is 5.32 Å². The number of nitrogens with zero attached hydrogens (tertiary/aromatic N) is 3. The van der Waals surface area contributed by atoms with Gasteiger partial charge in [0.2, 0.25) is 0 Å². The molecule has 2 fully saturated rings. The SMILES string of the molecule is Cc1nn(C)c(CN2CCCC3(CCCNC3)C2)c1Cl. The number of nitrogens with one attached hydrogen (secondary N) is 1. The van der Waals surface area contributed by atoms with Crippen LogP contribution in [0.4, 0.5) is 0 Å². The smallest absolute Gasteiger partial charge is 0.0860 e. The van der Waals surface area contributed by atoms with E-state index in [9.17, 15) is 0 Å². The minimum atomic E-state index is 0.497. The molecule has 3 rings (SSSR count). The fourth-order valence-electron chi connectivity index (χ4n) is 3.89. The maximum absolute atomic E-state index is 6.39. The van der Waals surface area contributed by atoms with Crippen LogP contribution in [-0.2, 0) is 13.6 Å². The van der Waals surface area contributed by atoms with Gasteiger partial charge in [0.25, 0.3) is 0 Å². The van der Waals surface area contributed by atoms with Crippen LogP contribution >= 0.6 is 11.6 Å². The lowest BCUT2D eigenvalue weighted by molar-refractivity contribution is 0.0587. The van der Waals surface area contributed by atoms with Gasteiger partial charge >= 0.3 is 0 Å². The van der Waals surface area contributed by atoms with Crippen molar-refractivity contribution in [1.82, 2.24) is 20.0 Å². The Hall–Kier alpha value is -0.580. The standard InChI is InChI=1S/C15H25ClN4/c1-12-14(16)13(19(2)18-12)9-20-8-4-6-15(11-20)5-3-7-17-10-15/h17H,3-11H2,1-2H3. The van der Waals surface area contributed by atoms with Crippen molar-refractivity contribution in [3.63, 3.8) is 0 Å². The van der Waals surface area contributed by atoms with Crippen molar-refractivity contribution < 1.29 is 0 Å². The Kier molecular flexibility index (Phi) is 4.07. The molecule has 5 heteroatoms. The molecule has 3 heterocycles. The van der Waals surface area contributed by atoms with Gasteiger partial charge in [0.1, 0.15) is 0 Å². The van der Waals surface area contributed by atoms with Gasteiger partial charge in [-0.25, -0.2) is 0 Å². The van der Waals surface area contributed by atoms with E-state index >= 15 is 0 Å². The first-order chi connectivity index (χ1) is 9.60. The normalized spacial score (nSPS) is 28.1. The summed E-state index contributed by atoms with van der Waals surface area (Å²) in [5.41, 5.74) is 2.59. The third kappa shape index (κ3) is 2.74. The molecule has 0 aliphatic carbocycles. The van der Waals surface area contributed by atoms with E-state index in [4.69, 9.17) is 11.6 Å². The van der Waals surface area contributed by atoms with E-state index in [1.165, 1.54) is 51.9 Å². The van der Waals surface area contributed by atoms with Crippen molar-refractivity contribution in [2.75, 3.05) is 26.2 Å². The van der Waals surface area contributed by atoms with Gasteiger partial charge in [0.05, 0.1) is 16.4 Å². The molecule has 0 radical (unpaired) electrons. The average Bonchev–Trinajstić information content (AvgIpc) is 2.67. The number of rotatable bonds is 2. The van der Waals surface area contributed by atoms with Crippen LogP contribution in [-0.4, -0.2) is 40.9 Å². The van der Waals surface area contributed by atoms with Crippen molar-refractivity contribution >= 4 is 11.6 Å². The van der Waals surface area contributed by atoms with Gasteiger partial charge in [-0.15, -0.1) is 0 Å². The summed E-state index contributed by atoms with van der Waals surface area (Å²) in [6, 6.07) is 0. The number of piperidine rings is 2. The lowest BCUT2D eigenvalue weighted by atomic mass is 9.74. The Bertz CT molecular complexity index is 471. The lowest BCUT2D eigenvalue weighted by Gasteiger charge is -2.45. The molecule has 0 amide bonds. The maximum Gasteiger partial charge on any atom is 0.0860 e. The van der Waals surface area contributed by atoms with Crippen LogP contribution in [0.2, 0.25) is 5.02 Å². The van der Waals surface area contributed by atoms with Crippen LogP contribution in [0.25, 0.3) is 0 Å². The molecular formula is C15H25ClN4. The fraction of sp³-hybridized carbons (Fsp3) is 0.800. The number of halogens is 1. The Morgan fingerprint density at radius 3 is 2.80 bits per heavy atom. The molecule has 0 aromatic carbocycles. The molecule has 112 valence electrons. The molecule has 2 aliphatic rings. The first-order valence-corrected chi connectivity index (χ1v) is 8.08. The van der Waals surface area contributed by atoms with Crippen molar-refractivity contribution in [1.29, 1.82) is 0 Å². The van der Waals surface area contributed by atoms with Crippen LogP contribution < -0.4 is 5.32 Å². The maximum atomic E-state index is 6.39. The molecule has 1 aromatic rings. The summed E-state index contributed by atoms with van der Waals surface area (Å²) in [7, 11) is 2.00. The zero-order valence-electron chi connectivity index (χ0n) is 12.6. The molecular weight excluding hydrogens is 272 g/mol. The number of hydrogen-bond acceptors (Lipinski definition) is 3. The second-order valence-corrected chi connectivity index (χ2v) is 6.94. The molecule has 1 atom stereocenters. The predicted octanol–water partition coefficient (Wildman–Crippen LogP) is 2.35. The number of aromatic nitrogens is 2. The Morgan fingerprint density at radius 2 is 2.15 bits per heavy atom. The second kappa shape index (κ2) is 5.66. The second-order valence-electron chi connectivity index (χ2n) is 6.56. The van der Waals surface area contributed by atoms with Gasteiger partial charge in [-0.1, -0.05) is 11.6 Å². The van der Waals surface area contributed by atoms with E-state index in [2.05, 4.69) is 15.3 Å². The van der Waals surface area contributed by atoms with Crippen LogP contribution in [0.15, 0.2) is 0 Å². The van der Waals surface area contributed by atoms with Gasteiger partial charge in [0, 0.05) is 26.7 Å². The molecule has 1 unspecified atom stereocenters. The fourth-order valence-corrected chi connectivity index (χ4v) is 4.11. The highest BCUT2D eigenvalue weighted by molar-refractivity contribution is 6.31. The molecule has 0 saturated carbocycles. The summed E-state index contributed by atoms with van der Waals surface area (Å²) in [4.78, 5) is 2.57. The predicted molar refractivity (Wildman–Crippen MR) is 82.0 cm³/mol. The minimum Gasteiger partial charge on any atom is -0.316 e. The van der Waals surface area contributed by atoms with Crippen molar-refractivity contribution in [2.45, 2.75) is 39.2 Å². The van der Waals surface area contributed by atoms with E-state index in [1.54, 1.807) is 0 Å².